The van der Waals surface area contributed by atoms with E-state index >= 15 is 0 Å². The molecule has 9 heteroatoms. The highest BCUT2D eigenvalue weighted by molar-refractivity contribution is 6.04. The average molecular weight is 483 g/mol. The van der Waals surface area contributed by atoms with E-state index in [1.54, 1.807) is 36.9 Å². The Balaban J connectivity index is 1.35. The van der Waals surface area contributed by atoms with Crippen LogP contribution >= 0.6 is 0 Å². The number of nitrogens with zero attached hydrogens (tertiary/aromatic N) is 6. The lowest BCUT2D eigenvalue weighted by molar-refractivity contribution is 0.102. The van der Waals surface area contributed by atoms with Crippen LogP contribution in [0.5, 0.6) is 0 Å². The fourth-order valence-corrected chi connectivity index (χ4v) is 4.19. The van der Waals surface area contributed by atoms with Gasteiger partial charge in [0.05, 0.1) is 16.9 Å². The highest BCUT2D eigenvalue weighted by Crippen LogP contribution is 2.24. The molecule has 0 atom stereocenters. The van der Waals surface area contributed by atoms with E-state index in [0.717, 1.165) is 59.8 Å². The van der Waals surface area contributed by atoms with Crippen LogP contribution < -0.4 is 15.5 Å². The second-order valence-electron chi connectivity index (χ2n) is 9.37. The molecule has 1 fully saturated rings. The quantitative estimate of drug-likeness (QED) is 0.427. The molecule has 0 spiro atoms. The standard InChI is InChI=1S/C27H30N8O/c1-18(2)31-22-12-21(15-28-17-22)23-5-4-20-16-30-25(14-24(20)32-23)33-27(36)19-6-7-29-26(13-19)35-10-8-34(3)9-11-35/h4-7,12-18,31H,8-11H2,1-3H3,(H,30,33,36). The van der Waals surface area contributed by atoms with Gasteiger partial charge in [-0.3, -0.25) is 9.78 Å². The number of aromatic nitrogens is 4. The van der Waals surface area contributed by atoms with Crippen molar-refractivity contribution < 1.29 is 4.79 Å². The van der Waals surface area contributed by atoms with Crippen molar-refractivity contribution >= 4 is 34.1 Å². The number of carbonyl (C=O) groups excluding carboxylic acids is 1. The smallest absolute Gasteiger partial charge is 0.257 e. The molecular formula is C27H30N8O. The number of hydrogen-bond acceptors (Lipinski definition) is 8. The second kappa shape index (κ2) is 10.2. The van der Waals surface area contributed by atoms with E-state index < -0.39 is 0 Å². The molecule has 0 aromatic carbocycles. The van der Waals surface area contributed by atoms with E-state index in [-0.39, 0.29) is 5.91 Å². The molecule has 2 N–H and O–H groups in total. The van der Waals surface area contributed by atoms with Gasteiger partial charge in [-0.05, 0) is 51.2 Å². The maximum Gasteiger partial charge on any atom is 0.257 e. The Morgan fingerprint density at radius 3 is 2.61 bits per heavy atom. The van der Waals surface area contributed by atoms with Crippen LogP contribution in [0.25, 0.3) is 22.2 Å². The molecule has 5 rings (SSSR count). The van der Waals surface area contributed by atoms with Crippen LogP contribution in [-0.2, 0) is 0 Å². The van der Waals surface area contributed by atoms with Crippen molar-refractivity contribution in [1.29, 1.82) is 0 Å². The highest BCUT2D eigenvalue weighted by Gasteiger charge is 2.17. The normalized spacial score (nSPS) is 14.3. The molecule has 9 nitrogen and oxygen atoms in total. The summed E-state index contributed by atoms with van der Waals surface area (Å²) in [5.74, 6) is 1.03. The van der Waals surface area contributed by atoms with Crippen LogP contribution in [0, 0.1) is 0 Å². The third-order valence-electron chi connectivity index (χ3n) is 6.14. The fraction of sp³-hybridized carbons (Fsp3) is 0.296. The van der Waals surface area contributed by atoms with Gasteiger partial charge in [0.15, 0.2) is 0 Å². The molecule has 0 aliphatic carbocycles. The maximum atomic E-state index is 13.0. The third kappa shape index (κ3) is 5.41. The maximum absolute atomic E-state index is 13.0. The van der Waals surface area contributed by atoms with Gasteiger partial charge in [-0.25, -0.2) is 15.0 Å². The van der Waals surface area contributed by atoms with E-state index in [9.17, 15) is 4.79 Å². The minimum atomic E-state index is -0.229. The molecule has 36 heavy (non-hydrogen) atoms. The summed E-state index contributed by atoms with van der Waals surface area (Å²) in [4.78, 5) is 35.5. The molecular weight excluding hydrogens is 452 g/mol. The monoisotopic (exact) mass is 482 g/mol. The lowest BCUT2D eigenvalue weighted by Crippen LogP contribution is -2.44. The number of hydrogen-bond donors (Lipinski definition) is 2. The number of likely N-dealkylation sites (N-methyl/N-ethyl adjacent to an activating group) is 1. The molecule has 1 saturated heterocycles. The van der Waals surface area contributed by atoms with Crippen molar-refractivity contribution in [2.24, 2.45) is 0 Å². The van der Waals surface area contributed by atoms with Crippen LogP contribution in [0.3, 0.4) is 0 Å². The van der Waals surface area contributed by atoms with E-state index in [4.69, 9.17) is 4.98 Å². The average Bonchev–Trinajstić information content (AvgIpc) is 2.88. The number of pyridine rings is 4. The van der Waals surface area contributed by atoms with Gasteiger partial charge in [0.25, 0.3) is 5.91 Å². The fourth-order valence-electron chi connectivity index (χ4n) is 4.19. The number of anilines is 3. The summed E-state index contributed by atoms with van der Waals surface area (Å²) in [6.45, 7) is 7.90. The Kier molecular flexibility index (Phi) is 6.73. The predicted octanol–water partition coefficient (Wildman–Crippen LogP) is 3.91. The van der Waals surface area contributed by atoms with Gasteiger partial charge in [-0.1, -0.05) is 0 Å². The topological polar surface area (TPSA) is 99.2 Å². The molecule has 1 amide bonds. The summed E-state index contributed by atoms with van der Waals surface area (Å²) in [6, 6.07) is 11.6. The van der Waals surface area contributed by atoms with Crippen molar-refractivity contribution in [3.8, 4) is 11.3 Å². The molecule has 184 valence electrons. The van der Waals surface area contributed by atoms with Gasteiger partial charge < -0.3 is 20.4 Å². The third-order valence-corrected chi connectivity index (χ3v) is 6.14. The van der Waals surface area contributed by atoms with Crippen LogP contribution in [0.2, 0.25) is 0 Å². The SMILES string of the molecule is CC(C)Nc1cncc(-c2ccc3cnc(NC(=O)c4ccnc(N5CCN(C)CC5)c4)cc3n2)c1. The number of carbonyl (C=O) groups is 1. The Bertz CT molecular complexity index is 1380. The molecule has 0 unspecified atom stereocenters. The number of nitrogens with one attached hydrogen (secondary N) is 2. The minimum absolute atomic E-state index is 0.229. The van der Waals surface area contributed by atoms with Crippen molar-refractivity contribution in [3.63, 3.8) is 0 Å². The van der Waals surface area contributed by atoms with Crippen LogP contribution in [0.4, 0.5) is 17.3 Å². The number of fused-ring (bicyclic) bond motifs is 1. The largest absolute Gasteiger partial charge is 0.382 e. The zero-order chi connectivity index (χ0) is 25.1. The number of piperazine rings is 1. The van der Waals surface area contributed by atoms with E-state index in [2.05, 4.69) is 56.3 Å². The zero-order valence-corrected chi connectivity index (χ0v) is 20.8. The molecule has 0 saturated carbocycles. The number of amides is 1. The van der Waals surface area contributed by atoms with Crippen LogP contribution in [0.15, 0.2) is 61.2 Å². The van der Waals surface area contributed by atoms with Gasteiger partial charge >= 0.3 is 0 Å². The van der Waals surface area contributed by atoms with E-state index in [0.29, 0.717) is 17.4 Å². The Labute approximate surface area is 210 Å². The van der Waals surface area contributed by atoms with Crippen LogP contribution in [0.1, 0.15) is 24.2 Å². The van der Waals surface area contributed by atoms with Crippen molar-refractivity contribution in [2.45, 2.75) is 19.9 Å². The first-order chi connectivity index (χ1) is 17.4. The molecule has 0 bridgehead atoms. The first kappa shape index (κ1) is 23.6. The lowest BCUT2D eigenvalue weighted by Gasteiger charge is -2.33. The van der Waals surface area contributed by atoms with Gasteiger partial charge in [0.2, 0.25) is 0 Å². The first-order valence-electron chi connectivity index (χ1n) is 12.1. The summed E-state index contributed by atoms with van der Waals surface area (Å²) >= 11 is 0. The molecule has 4 aromatic heterocycles. The van der Waals surface area contributed by atoms with Gasteiger partial charge in [-0.15, -0.1) is 0 Å². The zero-order valence-electron chi connectivity index (χ0n) is 20.8. The van der Waals surface area contributed by atoms with Gasteiger partial charge in [-0.2, -0.15) is 0 Å². The van der Waals surface area contributed by atoms with Crippen molar-refractivity contribution in [3.05, 3.63) is 66.7 Å². The molecule has 4 aromatic rings. The summed E-state index contributed by atoms with van der Waals surface area (Å²) in [5, 5.41) is 7.17. The minimum Gasteiger partial charge on any atom is -0.382 e. The van der Waals surface area contributed by atoms with Gasteiger partial charge in [0.1, 0.15) is 11.6 Å². The summed E-state index contributed by atoms with van der Waals surface area (Å²) < 4.78 is 0. The first-order valence-corrected chi connectivity index (χ1v) is 12.1. The molecule has 1 aliphatic heterocycles. The molecule has 5 heterocycles. The lowest BCUT2D eigenvalue weighted by atomic mass is 10.1. The van der Waals surface area contributed by atoms with E-state index in [1.807, 2.05) is 24.3 Å². The van der Waals surface area contributed by atoms with Crippen molar-refractivity contribution in [1.82, 2.24) is 24.8 Å². The Hall–Kier alpha value is -4.11. The second-order valence-corrected chi connectivity index (χ2v) is 9.37. The van der Waals surface area contributed by atoms with Crippen molar-refractivity contribution in [2.75, 3.05) is 48.8 Å². The summed E-state index contributed by atoms with van der Waals surface area (Å²) in [6.07, 6.45) is 7.00. The predicted molar refractivity (Wildman–Crippen MR) is 143 cm³/mol. The Morgan fingerprint density at radius 1 is 0.972 bits per heavy atom. The summed E-state index contributed by atoms with van der Waals surface area (Å²) in [5.41, 5.74) is 3.95. The molecule has 1 aliphatic rings. The van der Waals surface area contributed by atoms with Gasteiger partial charge in [0, 0.05) is 79.6 Å². The van der Waals surface area contributed by atoms with Crippen LogP contribution in [-0.4, -0.2) is 70.0 Å². The summed E-state index contributed by atoms with van der Waals surface area (Å²) in [7, 11) is 2.11. The number of rotatable bonds is 6. The highest BCUT2D eigenvalue weighted by atomic mass is 16.1. The molecule has 0 radical (unpaired) electrons. The Morgan fingerprint density at radius 2 is 1.81 bits per heavy atom. The van der Waals surface area contributed by atoms with E-state index in [1.165, 1.54) is 0 Å².